The summed E-state index contributed by atoms with van der Waals surface area (Å²) in [5.74, 6) is -0.509. The Balaban J connectivity index is 1.69. The monoisotopic (exact) mass is 543 g/mol. The van der Waals surface area contributed by atoms with E-state index in [1.54, 1.807) is 47.8 Å². The van der Waals surface area contributed by atoms with E-state index in [4.69, 9.17) is 0 Å². The van der Waals surface area contributed by atoms with Gasteiger partial charge in [0.05, 0.1) is 12.0 Å². The van der Waals surface area contributed by atoms with Gasteiger partial charge in [-0.05, 0) is 56.7 Å². The van der Waals surface area contributed by atoms with E-state index in [2.05, 4.69) is 4.98 Å². The minimum absolute atomic E-state index is 0.00466. The molecule has 1 aromatic carbocycles. The number of piperazine rings is 1. The normalized spacial score (nSPS) is 18.4. The fourth-order valence-electron chi connectivity index (χ4n) is 4.25. The van der Waals surface area contributed by atoms with Crippen LogP contribution in [-0.2, 0) is 22.7 Å². The van der Waals surface area contributed by atoms with Crippen LogP contribution in [0.4, 0.5) is 19.4 Å². The molecule has 0 bridgehead atoms. The Labute approximate surface area is 210 Å². The Bertz CT molecular complexity index is 1460. The molecule has 0 N–H and O–H groups in total. The SMILES string of the molecule is CCn1cc(CN2CCN(C=O)/C(=C\C=C(/C)n3cnc(C)c3)C2=O)c2cc(S(F)(F)(F)(F)F)ccc21. The van der Waals surface area contributed by atoms with Crippen molar-refractivity contribution in [2.75, 3.05) is 13.1 Å². The van der Waals surface area contributed by atoms with Crippen LogP contribution in [0.2, 0.25) is 0 Å². The first-order valence-electron chi connectivity index (χ1n) is 11.4. The average molecular weight is 544 g/mol. The van der Waals surface area contributed by atoms with Crippen LogP contribution in [0, 0.1) is 6.92 Å². The van der Waals surface area contributed by atoms with Gasteiger partial charge in [0.25, 0.3) is 5.91 Å². The van der Waals surface area contributed by atoms with Crippen molar-refractivity contribution in [2.24, 2.45) is 0 Å². The highest BCUT2D eigenvalue weighted by atomic mass is 32.5. The number of imidazole rings is 1. The van der Waals surface area contributed by atoms with E-state index in [0.29, 0.717) is 36.2 Å². The molecule has 1 aliphatic rings. The van der Waals surface area contributed by atoms with Crippen molar-refractivity contribution in [2.45, 2.75) is 38.8 Å². The van der Waals surface area contributed by atoms with Gasteiger partial charge in [-0.15, -0.1) is 0 Å². The van der Waals surface area contributed by atoms with Gasteiger partial charge in [0.15, 0.2) is 0 Å². The average Bonchev–Trinajstić information content (AvgIpc) is 3.41. The van der Waals surface area contributed by atoms with E-state index < -0.39 is 21.0 Å². The molecule has 200 valence electrons. The number of aromatic nitrogens is 3. The van der Waals surface area contributed by atoms with Crippen molar-refractivity contribution in [3.8, 4) is 0 Å². The maximum Gasteiger partial charge on any atom is 0.310 e. The van der Waals surface area contributed by atoms with E-state index in [-0.39, 0.29) is 30.7 Å². The smallest absolute Gasteiger partial charge is 0.310 e. The zero-order valence-electron chi connectivity index (χ0n) is 20.4. The van der Waals surface area contributed by atoms with Crippen molar-refractivity contribution >= 4 is 39.1 Å². The first-order chi connectivity index (χ1) is 17.1. The summed E-state index contributed by atoms with van der Waals surface area (Å²) in [7, 11) is -9.89. The van der Waals surface area contributed by atoms with Gasteiger partial charge in [0.2, 0.25) is 6.41 Å². The molecular formula is C24H26F5N5O2S. The fourth-order valence-corrected chi connectivity index (χ4v) is 4.91. The van der Waals surface area contributed by atoms with Gasteiger partial charge in [0, 0.05) is 55.2 Å². The molecule has 2 aromatic heterocycles. The summed E-state index contributed by atoms with van der Waals surface area (Å²) in [6.07, 6.45) is 8.65. The lowest BCUT2D eigenvalue weighted by atomic mass is 10.1. The predicted octanol–water partition coefficient (Wildman–Crippen LogP) is 6.07. The van der Waals surface area contributed by atoms with E-state index in [9.17, 15) is 29.0 Å². The van der Waals surface area contributed by atoms with Crippen molar-refractivity contribution in [1.29, 1.82) is 0 Å². The number of hydrogen-bond donors (Lipinski definition) is 0. The summed E-state index contributed by atoms with van der Waals surface area (Å²) in [6.45, 7) is 5.97. The Kier molecular flexibility index (Phi) is 6.05. The van der Waals surface area contributed by atoms with Gasteiger partial charge in [-0.25, -0.2) is 4.98 Å². The lowest BCUT2D eigenvalue weighted by Gasteiger charge is -2.40. The third kappa shape index (κ3) is 5.41. The number of carbonyl (C=O) groups is 2. The minimum Gasteiger partial charge on any atom is -0.347 e. The molecule has 1 fully saturated rings. The first-order valence-corrected chi connectivity index (χ1v) is 13.3. The van der Waals surface area contributed by atoms with Crippen molar-refractivity contribution < 1.29 is 29.0 Å². The van der Waals surface area contributed by atoms with Gasteiger partial charge in [-0.3, -0.25) is 9.59 Å². The van der Waals surface area contributed by atoms with E-state index in [1.165, 1.54) is 15.9 Å². The third-order valence-electron chi connectivity index (χ3n) is 6.24. The van der Waals surface area contributed by atoms with E-state index in [0.717, 1.165) is 17.5 Å². The maximum absolute atomic E-state index is 13.5. The summed E-state index contributed by atoms with van der Waals surface area (Å²) in [4.78, 5) is 29.7. The Morgan fingerprint density at radius 1 is 1.14 bits per heavy atom. The van der Waals surface area contributed by atoms with Gasteiger partial charge < -0.3 is 18.9 Å². The molecule has 0 radical (unpaired) electrons. The van der Waals surface area contributed by atoms with Crippen molar-refractivity contribution in [3.63, 3.8) is 0 Å². The molecule has 3 heterocycles. The summed E-state index contributed by atoms with van der Waals surface area (Å²) in [5.41, 5.74) is 2.28. The number of aryl methyl sites for hydroxylation is 2. The number of nitrogens with zero attached hydrogens (tertiary/aromatic N) is 5. The zero-order chi connectivity index (χ0) is 27.2. The quantitative estimate of drug-likeness (QED) is 0.207. The molecule has 0 atom stereocenters. The van der Waals surface area contributed by atoms with Gasteiger partial charge in [-0.1, -0.05) is 19.4 Å². The molecule has 2 amide bonds. The number of carbonyl (C=O) groups excluding carboxylic acids is 2. The highest BCUT2D eigenvalue weighted by Gasteiger charge is 2.65. The Hall–Kier alpha value is -3.61. The largest absolute Gasteiger partial charge is 0.347 e. The standard InChI is InChI=1S/C24H26F5N5O2S/c1-4-31-13-19(21-11-20(6-8-22(21)31)37(25,26,27,28)29)14-32-9-10-33(16-35)23(24(32)36)7-5-18(3)34-12-17(2)30-15-34/h5-8,11-13,15-16H,4,9-10,14H2,1-3H3/b18-5+,23-7-. The molecule has 0 aliphatic carbocycles. The number of hydrogen-bond acceptors (Lipinski definition) is 3. The van der Waals surface area contributed by atoms with Gasteiger partial charge in [0.1, 0.15) is 10.6 Å². The lowest BCUT2D eigenvalue weighted by Crippen LogP contribution is -2.47. The Morgan fingerprint density at radius 3 is 2.46 bits per heavy atom. The highest BCUT2D eigenvalue weighted by molar-refractivity contribution is 8.45. The molecule has 13 heteroatoms. The summed E-state index contributed by atoms with van der Waals surface area (Å²) in [6, 6.07) is 1.88. The third-order valence-corrected chi connectivity index (χ3v) is 7.38. The molecule has 7 nitrogen and oxygen atoms in total. The Morgan fingerprint density at radius 2 is 1.86 bits per heavy atom. The van der Waals surface area contributed by atoms with Crippen LogP contribution >= 0.6 is 10.2 Å². The molecule has 1 aliphatic heterocycles. The van der Waals surface area contributed by atoms with Gasteiger partial charge in [-0.2, -0.15) is 0 Å². The number of fused-ring (bicyclic) bond motifs is 1. The fraction of sp³-hybridized carbons (Fsp3) is 0.292. The van der Waals surface area contributed by atoms with Crippen LogP contribution in [0.25, 0.3) is 16.6 Å². The van der Waals surface area contributed by atoms with Crippen LogP contribution in [0.3, 0.4) is 0 Å². The molecule has 1 saturated heterocycles. The van der Waals surface area contributed by atoms with Gasteiger partial charge >= 0.3 is 10.2 Å². The first kappa shape index (κ1) is 26.5. The highest BCUT2D eigenvalue weighted by Crippen LogP contribution is 3.02. The van der Waals surface area contributed by atoms with Crippen LogP contribution in [-0.4, -0.2) is 49.3 Å². The number of amides is 2. The molecule has 0 unspecified atom stereocenters. The lowest BCUT2D eigenvalue weighted by molar-refractivity contribution is -0.135. The zero-order valence-corrected chi connectivity index (χ0v) is 21.2. The summed E-state index contributed by atoms with van der Waals surface area (Å²) >= 11 is 0. The maximum atomic E-state index is 13.5. The number of allylic oxidation sites excluding steroid dienone is 3. The van der Waals surface area contributed by atoms with Crippen LogP contribution in [0.1, 0.15) is 25.1 Å². The van der Waals surface area contributed by atoms with Crippen molar-refractivity contribution in [1.82, 2.24) is 23.9 Å². The number of rotatable bonds is 7. The summed E-state index contributed by atoms with van der Waals surface area (Å²) in [5, 5.41) is -0.00466. The minimum atomic E-state index is -9.89. The van der Waals surface area contributed by atoms with Crippen LogP contribution in [0.5, 0.6) is 0 Å². The second kappa shape index (κ2) is 8.47. The molecule has 37 heavy (non-hydrogen) atoms. The molecule has 0 spiro atoms. The molecule has 3 aromatic rings. The molecule has 0 saturated carbocycles. The second-order valence-electron chi connectivity index (χ2n) is 8.90. The van der Waals surface area contributed by atoms with E-state index in [1.807, 2.05) is 6.92 Å². The number of halogens is 5. The summed E-state index contributed by atoms with van der Waals surface area (Å²) < 4.78 is 70.9. The second-order valence-corrected chi connectivity index (χ2v) is 11.3. The molecular weight excluding hydrogens is 517 g/mol. The molecule has 4 rings (SSSR count). The predicted molar refractivity (Wildman–Crippen MR) is 132 cm³/mol. The van der Waals surface area contributed by atoms with Crippen molar-refractivity contribution in [3.05, 3.63) is 66.0 Å². The van der Waals surface area contributed by atoms with Crippen LogP contribution < -0.4 is 0 Å². The van der Waals surface area contributed by atoms with Crippen LogP contribution in [0.15, 0.2) is 59.7 Å². The topological polar surface area (TPSA) is 63.4 Å². The number of benzene rings is 1. The van der Waals surface area contributed by atoms with E-state index >= 15 is 0 Å².